The van der Waals surface area contributed by atoms with E-state index in [0.29, 0.717) is 5.69 Å². The summed E-state index contributed by atoms with van der Waals surface area (Å²) in [6, 6.07) is 2.93. The Morgan fingerprint density at radius 1 is 1.20 bits per heavy atom. The number of aromatic hydroxyl groups is 1. The molecule has 6 heteroatoms. The maximum absolute atomic E-state index is 12.3. The van der Waals surface area contributed by atoms with Crippen LogP contribution in [0.25, 0.3) is 0 Å². The standard InChI is InChI=1S/C14H17Cl2NO3/c1-6-7(2)20-8(3)12(6)14(19)17-9-4-10(15)13(18)11(16)5-9/h4-8,12,18H,1-3H3,(H,17,19). The Hall–Kier alpha value is -0.970. The minimum absolute atomic E-state index is 0.0488. The molecule has 110 valence electrons. The Morgan fingerprint density at radius 3 is 2.20 bits per heavy atom. The van der Waals surface area contributed by atoms with Crippen molar-refractivity contribution in [2.75, 3.05) is 5.32 Å². The van der Waals surface area contributed by atoms with Crippen LogP contribution in [0, 0.1) is 11.8 Å². The molecule has 4 atom stereocenters. The lowest BCUT2D eigenvalue weighted by molar-refractivity contribution is -0.121. The summed E-state index contributed by atoms with van der Waals surface area (Å²) < 4.78 is 5.66. The van der Waals surface area contributed by atoms with Gasteiger partial charge in [-0.15, -0.1) is 0 Å². The summed E-state index contributed by atoms with van der Waals surface area (Å²) in [4.78, 5) is 12.3. The van der Waals surface area contributed by atoms with E-state index in [9.17, 15) is 9.90 Å². The molecule has 1 aromatic rings. The van der Waals surface area contributed by atoms with Crippen LogP contribution in [0.2, 0.25) is 10.0 Å². The molecule has 0 saturated carbocycles. The van der Waals surface area contributed by atoms with E-state index in [1.807, 2.05) is 20.8 Å². The summed E-state index contributed by atoms with van der Waals surface area (Å²) in [5, 5.41) is 12.5. The highest BCUT2D eigenvalue weighted by Crippen LogP contribution is 2.36. The van der Waals surface area contributed by atoms with Crippen molar-refractivity contribution in [1.29, 1.82) is 0 Å². The third-order valence-electron chi connectivity index (χ3n) is 3.83. The smallest absolute Gasteiger partial charge is 0.230 e. The zero-order valence-corrected chi connectivity index (χ0v) is 13.0. The zero-order valence-electron chi connectivity index (χ0n) is 11.5. The fourth-order valence-electron chi connectivity index (χ4n) is 2.58. The second-order valence-corrected chi connectivity index (χ2v) is 6.02. The minimum Gasteiger partial charge on any atom is -0.505 e. The normalized spacial score (nSPS) is 29.4. The van der Waals surface area contributed by atoms with Gasteiger partial charge in [-0.2, -0.15) is 0 Å². The summed E-state index contributed by atoms with van der Waals surface area (Å²) in [6.45, 7) is 5.85. The molecule has 2 rings (SSSR count). The number of anilines is 1. The van der Waals surface area contributed by atoms with E-state index in [-0.39, 0.29) is 45.7 Å². The lowest BCUT2D eigenvalue weighted by atomic mass is 9.89. The number of rotatable bonds is 2. The van der Waals surface area contributed by atoms with Gasteiger partial charge in [-0.3, -0.25) is 4.79 Å². The largest absolute Gasteiger partial charge is 0.505 e. The van der Waals surface area contributed by atoms with Gasteiger partial charge in [0.1, 0.15) is 0 Å². The second kappa shape index (κ2) is 5.80. The highest BCUT2D eigenvalue weighted by molar-refractivity contribution is 6.37. The van der Waals surface area contributed by atoms with E-state index in [1.165, 1.54) is 12.1 Å². The predicted octanol–water partition coefficient (Wildman–Crippen LogP) is 3.70. The van der Waals surface area contributed by atoms with Crippen LogP contribution >= 0.6 is 23.2 Å². The molecule has 4 nitrogen and oxygen atoms in total. The molecule has 0 aromatic heterocycles. The van der Waals surface area contributed by atoms with Gasteiger partial charge >= 0.3 is 0 Å². The first-order chi connectivity index (χ1) is 9.31. The van der Waals surface area contributed by atoms with Crippen molar-refractivity contribution in [3.63, 3.8) is 0 Å². The fourth-order valence-corrected chi connectivity index (χ4v) is 3.07. The van der Waals surface area contributed by atoms with Crippen LogP contribution in [-0.2, 0) is 9.53 Å². The van der Waals surface area contributed by atoms with E-state index in [2.05, 4.69) is 5.32 Å². The van der Waals surface area contributed by atoms with Crippen LogP contribution in [0.3, 0.4) is 0 Å². The van der Waals surface area contributed by atoms with Gasteiger partial charge in [-0.25, -0.2) is 0 Å². The Bertz CT molecular complexity index is 512. The first-order valence-electron chi connectivity index (χ1n) is 6.45. The number of phenols is 1. The summed E-state index contributed by atoms with van der Waals surface area (Å²) in [5.41, 5.74) is 0.460. The first kappa shape index (κ1) is 15.4. The molecule has 20 heavy (non-hydrogen) atoms. The molecule has 1 aromatic carbocycles. The lowest BCUT2D eigenvalue weighted by Gasteiger charge is -2.18. The third-order valence-corrected chi connectivity index (χ3v) is 4.41. The average Bonchev–Trinajstić information content (AvgIpc) is 2.60. The topological polar surface area (TPSA) is 58.6 Å². The molecule has 1 heterocycles. The maximum atomic E-state index is 12.3. The Balaban J connectivity index is 2.16. The van der Waals surface area contributed by atoms with E-state index in [1.54, 1.807) is 0 Å². The van der Waals surface area contributed by atoms with Gasteiger partial charge in [0.05, 0.1) is 28.2 Å². The van der Waals surface area contributed by atoms with Crippen LogP contribution in [-0.4, -0.2) is 23.2 Å². The number of ether oxygens (including phenoxy) is 1. The SMILES string of the molecule is CC1OC(C)C(C(=O)Nc2cc(Cl)c(O)c(Cl)c2)C1C. The second-order valence-electron chi connectivity index (χ2n) is 5.21. The molecule has 1 amide bonds. The number of hydrogen-bond donors (Lipinski definition) is 2. The van der Waals surface area contributed by atoms with Crippen molar-refractivity contribution in [2.45, 2.75) is 33.0 Å². The fraction of sp³-hybridized carbons (Fsp3) is 0.500. The molecule has 0 aliphatic carbocycles. The molecule has 1 saturated heterocycles. The number of carbonyl (C=O) groups is 1. The van der Waals surface area contributed by atoms with Gasteiger partial charge in [0.25, 0.3) is 0 Å². The van der Waals surface area contributed by atoms with Gasteiger partial charge in [-0.05, 0) is 31.9 Å². The van der Waals surface area contributed by atoms with Gasteiger partial charge in [0.2, 0.25) is 5.91 Å². The number of carbonyl (C=O) groups excluding carboxylic acids is 1. The highest BCUT2D eigenvalue weighted by atomic mass is 35.5. The summed E-state index contributed by atoms with van der Waals surface area (Å²) in [6.07, 6.45) is -0.0872. The molecular weight excluding hydrogens is 301 g/mol. The molecule has 0 spiro atoms. The van der Waals surface area contributed by atoms with E-state index in [0.717, 1.165) is 0 Å². The molecule has 0 radical (unpaired) electrons. The van der Waals surface area contributed by atoms with Crippen LogP contribution in [0.15, 0.2) is 12.1 Å². The van der Waals surface area contributed by atoms with Gasteiger partial charge in [0, 0.05) is 5.69 Å². The molecule has 1 aliphatic heterocycles. The van der Waals surface area contributed by atoms with Crippen molar-refractivity contribution >= 4 is 34.8 Å². The Labute approximate surface area is 128 Å². The number of halogens is 2. The molecular formula is C14H17Cl2NO3. The summed E-state index contributed by atoms with van der Waals surface area (Å²) >= 11 is 11.7. The van der Waals surface area contributed by atoms with Crippen molar-refractivity contribution < 1.29 is 14.6 Å². The van der Waals surface area contributed by atoms with Crippen molar-refractivity contribution in [3.8, 4) is 5.75 Å². The summed E-state index contributed by atoms with van der Waals surface area (Å²) in [7, 11) is 0. The number of nitrogens with one attached hydrogen (secondary N) is 1. The lowest BCUT2D eigenvalue weighted by Crippen LogP contribution is -2.31. The van der Waals surface area contributed by atoms with Crippen LogP contribution in [0.1, 0.15) is 20.8 Å². The van der Waals surface area contributed by atoms with Crippen LogP contribution < -0.4 is 5.32 Å². The van der Waals surface area contributed by atoms with Crippen LogP contribution in [0.4, 0.5) is 5.69 Å². The number of benzene rings is 1. The van der Waals surface area contributed by atoms with E-state index >= 15 is 0 Å². The Morgan fingerprint density at radius 2 is 1.75 bits per heavy atom. The number of amides is 1. The predicted molar refractivity (Wildman–Crippen MR) is 79.4 cm³/mol. The average molecular weight is 318 g/mol. The minimum atomic E-state index is -0.226. The van der Waals surface area contributed by atoms with Gasteiger partial charge in [0.15, 0.2) is 5.75 Å². The third kappa shape index (κ3) is 2.87. The van der Waals surface area contributed by atoms with Gasteiger partial charge < -0.3 is 15.2 Å². The van der Waals surface area contributed by atoms with Crippen molar-refractivity contribution in [3.05, 3.63) is 22.2 Å². The van der Waals surface area contributed by atoms with E-state index < -0.39 is 0 Å². The van der Waals surface area contributed by atoms with Crippen LogP contribution in [0.5, 0.6) is 5.75 Å². The molecule has 1 aliphatic rings. The molecule has 2 N–H and O–H groups in total. The number of hydrogen-bond acceptors (Lipinski definition) is 3. The Kier molecular flexibility index (Phi) is 4.47. The molecule has 1 fully saturated rings. The number of phenolic OH excluding ortho intramolecular Hbond substituents is 1. The maximum Gasteiger partial charge on any atom is 0.230 e. The summed E-state index contributed by atoms with van der Waals surface area (Å²) in [5.74, 6) is -0.414. The van der Waals surface area contributed by atoms with Gasteiger partial charge in [-0.1, -0.05) is 30.1 Å². The quantitative estimate of drug-likeness (QED) is 0.818. The first-order valence-corrected chi connectivity index (χ1v) is 7.21. The molecule has 4 unspecified atom stereocenters. The monoisotopic (exact) mass is 317 g/mol. The molecule has 0 bridgehead atoms. The zero-order chi connectivity index (χ0) is 15.0. The highest BCUT2D eigenvalue weighted by Gasteiger charge is 2.41. The van der Waals surface area contributed by atoms with Crippen molar-refractivity contribution in [1.82, 2.24) is 0 Å². The van der Waals surface area contributed by atoms with E-state index in [4.69, 9.17) is 27.9 Å². The van der Waals surface area contributed by atoms with Crippen molar-refractivity contribution in [2.24, 2.45) is 11.8 Å².